The van der Waals surface area contributed by atoms with Crippen LogP contribution in [-0.2, 0) is 9.59 Å². The Morgan fingerprint density at radius 2 is 2.22 bits per heavy atom. The van der Waals surface area contributed by atoms with Crippen LogP contribution in [0, 0.1) is 0 Å². The monoisotopic (exact) mass is 338 g/mol. The Morgan fingerprint density at radius 1 is 1.48 bits per heavy atom. The molecule has 2 N–H and O–H groups in total. The van der Waals surface area contributed by atoms with E-state index >= 15 is 0 Å². The molecule has 0 unspecified atom stereocenters. The predicted octanol–water partition coefficient (Wildman–Crippen LogP) is 2.04. The maximum atomic E-state index is 12.2. The van der Waals surface area contributed by atoms with Gasteiger partial charge in [0.2, 0.25) is 11.8 Å². The molecule has 2 atom stereocenters. The van der Waals surface area contributed by atoms with Gasteiger partial charge in [-0.3, -0.25) is 14.3 Å². The molecule has 0 aromatic carbocycles. The predicted molar refractivity (Wildman–Crippen MR) is 92.3 cm³/mol. The quantitative estimate of drug-likeness (QED) is 0.832. The summed E-state index contributed by atoms with van der Waals surface area (Å²) in [7, 11) is 0. The van der Waals surface area contributed by atoms with Gasteiger partial charge in [0.05, 0.1) is 23.5 Å². The highest BCUT2D eigenvalue weighted by Gasteiger charge is 2.33. The molecule has 7 heteroatoms. The van der Waals surface area contributed by atoms with E-state index in [-0.39, 0.29) is 29.9 Å². The Bertz CT molecular complexity index is 556. The first-order valence-corrected chi connectivity index (χ1v) is 9.17. The van der Waals surface area contributed by atoms with E-state index in [4.69, 9.17) is 0 Å². The second-order valence-corrected chi connectivity index (χ2v) is 7.98. The van der Waals surface area contributed by atoms with Crippen molar-refractivity contribution >= 4 is 23.6 Å². The Hall–Kier alpha value is -1.50. The second kappa shape index (κ2) is 7.86. The molecule has 0 spiro atoms. The average molecular weight is 338 g/mol. The van der Waals surface area contributed by atoms with Crippen molar-refractivity contribution in [3.8, 4) is 0 Å². The summed E-state index contributed by atoms with van der Waals surface area (Å²) in [6.45, 7) is 8.24. The molecule has 1 saturated heterocycles. The van der Waals surface area contributed by atoms with Crippen LogP contribution < -0.4 is 10.6 Å². The summed E-state index contributed by atoms with van der Waals surface area (Å²) >= 11 is 1.62. The number of amides is 2. The van der Waals surface area contributed by atoms with Gasteiger partial charge in [-0.1, -0.05) is 13.8 Å². The molecular weight excluding hydrogens is 312 g/mol. The van der Waals surface area contributed by atoms with E-state index < -0.39 is 0 Å². The van der Waals surface area contributed by atoms with Crippen molar-refractivity contribution in [2.45, 2.75) is 63.9 Å². The summed E-state index contributed by atoms with van der Waals surface area (Å²) < 4.78 is 1.90. The van der Waals surface area contributed by atoms with Crippen molar-refractivity contribution in [1.29, 1.82) is 0 Å². The smallest absolute Gasteiger partial charge is 0.230 e. The number of carbonyl (C=O) groups is 2. The van der Waals surface area contributed by atoms with Gasteiger partial charge in [0.15, 0.2) is 0 Å². The highest BCUT2D eigenvalue weighted by atomic mass is 32.2. The standard InChI is InChI=1S/C16H26N4O2S/c1-10(2)20-13(7-8-17-20)16-12(5-6-14(21)19-16)18-15(22)9-23-11(3)4/h7-8,10-12,16H,5-6,9H2,1-4H3,(H,18,22)(H,19,21)/t12-,16-/m1/s1. The number of piperidine rings is 1. The lowest BCUT2D eigenvalue weighted by molar-refractivity contribution is -0.126. The summed E-state index contributed by atoms with van der Waals surface area (Å²) in [5.41, 5.74) is 0.940. The van der Waals surface area contributed by atoms with Gasteiger partial charge in [-0.05, 0) is 31.6 Å². The molecule has 0 bridgehead atoms. The van der Waals surface area contributed by atoms with Gasteiger partial charge in [0.25, 0.3) is 0 Å². The number of carbonyl (C=O) groups excluding carboxylic acids is 2. The molecule has 1 aliphatic heterocycles. The lowest BCUT2D eigenvalue weighted by Gasteiger charge is -2.33. The maximum Gasteiger partial charge on any atom is 0.230 e. The normalized spacial score (nSPS) is 21.6. The SMILES string of the molecule is CC(C)SCC(=O)N[C@@H]1CCC(=O)N[C@H]1c1ccnn1C(C)C. The van der Waals surface area contributed by atoms with Gasteiger partial charge in [0.1, 0.15) is 0 Å². The Kier molecular flexibility index (Phi) is 6.10. The van der Waals surface area contributed by atoms with E-state index in [1.165, 1.54) is 0 Å². The first-order valence-electron chi connectivity index (χ1n) is 8.12. The van der Waals surface area contributed by atoms with Crippen molar-refractivity contribution in [1.82, 2.24) is 20.4 Å². The fraction of sp³-hybridized carbons (Fsp3) is 0.688. The zero-order chi connectivity index (χ0) is 17.0. The lowest BCUT2D eigenvalue weighted by atomic mass is 9.95. The molecule has 1 aromatic heterocycles. The van der Waals surface area contributed by atoms with Crippen molar-refractivity contribution in [2.24, 2.45) is 0 Å². The largest absolute Gasteiger partial charge is 0.350 e. The fourth-order valence-electron chi connectivity index (χ4n) is 2.73. The summed E-state index contributed by atoms with van der Waals surface area (Å²) in [6, 6.07) is 1.79. The first-order chi connectivity index (χ1) is 10.9. The van der Waals surface area contributed by atoms with Crippen LogP contribution in [0.15, 0.2) is 12.3 Å². The summed E-state index contributed by atoms with van der Waals surface area (Å²) in [6.07, 6.45) is 2.83. The van der Waals surface area contributed by atoms with Crippen LogP contribution in [0.2, 0.25) is 0 Å². The third kappa shape index (κ3) is 4.73. The molecular formula is C16H26N4O2S. The van der Waals surface area contributed by atoms with Crippen LogP contribution in [0.25, 0.3) is 0 Å². The van der Waals surface area contributed by atoms with Crippen molar-refractivity contribution < 1.29 is 9.59 Å². The Morgan fingerprint density at radius 3 is 2.87 bits per heavy atom. The average Bonchev–Trinajstić information content (AvgIpc) is 2.96. The van der Waals surface area contributed by atoms with Crippen LogP contribution >= 0.6 is 11.8 Å². The van der Waals surface area contributed by atoms with Crippen LogP contribution in [0.5, 0.6) is 0 Å². The minimum absolute atomic E-state index is 0.0189. The Labute approximate surface area is 141 Å². The zero-order valence-electron chi connectivity index (χ0n) is 14.2. The fourth-order valence-corrected chi connectivity index (χ4v) is 3.30. The number of rotatable bonds is 6. The molecule has 0 saturated carbocycles. The highest BCUT2D eigenvalue weighted by Crippen LogP contribution is 2.26. The minimum Gasteiger partial charge on any atom is -0.350 e. The van der Waals surface area contributed by atoms with E-state index in [1.54, 1.807) is 18.0 Å². The van der Waals surface area contributed by atoms with Crippen LogP contribution in [0.1, 0.15) is 58.3 Å². The second-order valence-electron chi connectivity index (χ2n) is 6.41. The summed E-state index contributed by atoms with van der Waals surface area (Å²) in [5.74, 6) is 0.483. The van der Waals surface area contributed by atoms with E-state index in [1.807, 2.05) is 24.6 Å². The van der Waals surface area contributed by atoms with E-state index in [9.17, 15) is 9.59 Å². The minimum atomic E-state index is -0.228. The molecule has 1 aromatic rings. The zero-order valence-corrected chi connectivity index (χ0v) is 15.0. The van der Waals surface area contributed by atoms with E-state index in [0.29, 0.717) is 23.8 Å². The molecule has 0 aliphatic carbocycles. The van der Waals surface area contributed by atoms with E-state index in [0.717, 1.165) is 5.69 Å². The molecule has 0 radical (unpaired) electrons. The Balaban J connectivity index is 2.11. The summed E-state index contributed by atoms with van der Waals surface area (Å²) in [5, 5.41) is 10.9. The van der Waals surface area contributed by atoms with Crippen LogP contribution in [0.3, 0.4) is 0 Å². The molecule has 2 heterocycles. The first kappa shape index (κ1) is 17.8. The number of nitrogens with one attached hydrogen (secondary N) is 2. The number of hydrogen-bond donors (Lipinski definition) is 2. The number of thioether (sulfide) groups is 1. The highest BCUT2D eigenvalue weighted by molar-refractivity contribution is 8.00. The molecule has 1 fully saturated rings. The molecule has 2 rings (SSSR count). The number of nitrogens with zero attached hydrogens (tertiary/aromatic N) is 2. The van der Waals surface area contributed by atoms with Gasteiger partial charge in [0, 0.05) is 18.7 Å². The lowest BCUT2D eigenvalue weighted by Crippen LogP contribution is -2.51. The van der Waals surface area contributed by atoms with Crippen molar-refractivity contribution in [3.05, 3.63) is 18.0 Å². The molecule has 23 heavy (non-hydrogen) atoms. The van der Waals surface area contributed by atoms with Gasteiger partial charge in [-0.25, -0.2) is 0 Å². The third-order valence-corrected chi connectivity index (χ3v) is 4.90. The van der Waals surface area contributed by atoms with Crippen molar-refractivity contribution in [3.63, 3.8) is 0 Å². The molecule has 1 aliphatic rings. The van der Waals surface area contributed by atoms with E-state index in [2.05, 4.69) is 29.6 Å². The van der Waals surface area contributed by atoms with Crippen LogP contribution in [0.4, 0.5) is 0 Å². The van der Waals surface area contributed by atoms with Gasteiger partial charge in [-0.15, -0.1) is 11.8 Å². The third-order valence-electron chi connectivity index (χ3n) is 3.80. The topological polar surface area (TPSA) is 76.0 Å². The van der Waals surface area contributed by atoms with Crippen LogP contribution in [-0.4, -0.2) is 38.6 Å². The molecule has 6 nitrogen and oxygen atoms in total. The number of aromatic nitrogens is 2. The van der Waals surface area contributed by atoms with Crippen molar-refractivity contribution in [2.75, 3.05) is 5.75 Å². The van der Waals surface area contributed by atoms with Gasteiger partial charge in [-0.2, -0.15) is 5.10 Å². The summed E-state index contributed by atoms with van der Waals surface area (Å²) in [4.78, 5) is 24.0. The van der Waals surface area contributed by atoms with Gasteiger partial charge < -0.3 is 10.6 Å². The molecule has 128 valence electrons. The molecule has 2 amide bonds. The maximum absolute atomic E-state index is 12.2. The van der Waals surface area contributed by atoms with Gasteiger partial charge >= 0.3 is 0 Å². The number of hydrogen-bond acceptors (Lipinski definition) is 4.